The lowest BCUT2D eigenvalue weighted by molar-refractivity contribution is 0.530. The minimum Gasteiger partial charge on any atom is -0.363 e. The van der Waals surface area contributed by atoms with E-state index in [1.807, 2.05) is 0 Å². The second-order valence-corrected chi connectivity index (χ2v) is 7.41. The van der Waals surface area contributed by atoms with Crippen LogP contribution in [-0.4, -0.2) is 30.3 Å². The third kappa shape index (κ3) is 5.05. The third-order valence-electron chi connectivity index (χ3n) is 5.04. The molecular formula is C22H29N3S. The first-order valence-electron chi connectivity index (χ1n) is 9.65. The molecule has 0 saturated carbocycles. The largest absolute Gasteiger partial charge is 0.363 e. The molecule has 1 aliphatic rings. The van der Waals surface area contributed by atoms with E-state index in [4.69, 9.17) is 12.2 Å². The van der Waals surface area contributed by atoms with Gasteiger partial charge in [-0.3, -0.25) is 0 Å². The predicted molar refractivity (Wildman–Crippen MR) is 114 cm³/mol. The van der Waals surface area contributed by atoms with Crippen LogP contribution >= 0.6 is 12.2 Å². The predicted octanol–water partition coefficient (Wildman–Crippen LogP) is 3.81. The lowest BCUT2D eigenvalue weighted by atomic mass is 9.84. The molecule has 1 aliphatic heterocycles. The Morgan fingerprint density at radius 3 is 2.27 bits per heavy atom. The minimum atomic E-state index is 0.353. The lowest BCUT2D eigenvalue weighted by Gasteiger charge is -2.25. The third-order valence-corrected chi connectivity index (χ3v) is 5.30. The van der Waals surface area contributed by atoms with E-state index in [0.717, 1.165) is 31.0 Å². The molecule has 0 amide bonds. The molecule has 0 aromatic heterocycles. The molecule has 3 nitrogen and oxygen atoms in total. The van der Waals surface area contributed by atoms with Crippen LogP contribution in [0.25, 0.3) is 0 Å². The molecule has 3 rings (SSSR count). The van der Waals surface area contributed by atoms with E-state index in [2.05, 4.69) is 83.5 Å². The fourth-order valence-corrected chi connectivity index (χ4v) is 3.99. The first-order valence-corrected chi connectivity index (χ1v) is 10.1. The van der Waals surface area contributed by atoms with E-state index in [9.17, 15) is 0 Å². The van der Waals surface area contributed by atoms with Crippen LogP contribution in [0.1, 0.15) is 43.2 Å². The highest BCUT2D eigenvalue weighted by molar-refractivity contribution is 7.80. The molecule has 2 aromatic carbocycles. The van der Waals surface area contributed by atoms with Gasteiger partial charge in [-0.15, -0.1) is 0 Å². The molecule has 0 radical (unpaired) electrons. The maximum Gasteiger partial charge on any atom is 0.166 e. The van der Waals surface area contributed by atoms with Crippen LogP contribution in [0, 0.1) is 0 Å². The van der Waals surface area contributed by atoms with Crippen molar-refractivity contribution in [2.24, 2.45) is 0 Å². The summed E-state index contributed by atoms with van der Waals surface area (Å²) >= 11 is 5.45. The van der Waals surface area contributed by atoms with E-state index in [0.29, 0.717) is 18.0 Å². The van der Waals surface area contributed by atoms with Crippen LogP contribution in [0.5, 0.6) is 0 Å². The van der Waals surface area contributed by atoms with E-state index in [1.165, 1.54) is 17.5 Å². The zero-order valence-electron chi connectivity index (χ0n) is 15.4. The Morgan fingerprint density at radius 2 is 1.69 bits per heavy atom. The average Bonchev–Trinajstić information content (AvgIpc) is 3.12. The Labute approximate surface area is 162 Å². The average molecular weight is 368 g/mol. The highest BCUT2D eigenvalue weighted by atomic mass is 32.1. The molecule has 1 heterocycles. The lowest BCUT2D eigenvalue weighted by Crippen LogP contribution is -2.43. The van der Waals surface area contributed by atoms with Crippen molar-refractivity contribution in [3.8, 4) is 0 Å². The number of hydrogen-bond donors (Lipinski definition) is 3. The highest BCUT2D eigenvalue weighted by Gasteiger charge is 2.32. The van der Waals surface area contributed by atoms with Crippen molar-refractivity contribution in [1.82, 2.24) is 16.0 Å². The van der Waals surface area contributed by atoms with Gasteiger partial charge in [0.2, 0.25) is 0 Å². The van der Waals surface area contributed by atoms with E-state index in [1.54, 1.807) is 0 Å². The smallest absolute Gasteiger partial charge is 0.166 e. The van der Waals surface area contributed by atoms with Gasteiger partial charge < -0.3 is 16.0 Å². The number of hydrogen-bond acceptors (Lipinski definition) is 2. The van der Waals surface area contributed by atoms with E-state index >= 15 is 0 Å². The van der Waals surface area contributed by atoms with Crippen LogP contribution in [0.4, 0.5) is 0 Å². The van der Waals surface area contributed by atoms with Crippen LogP contribution in [0.3, 0.4) is 0 Å². The van der Waals surface area contributed by atoms with Crippen molar-refractivity contribution in [2.45, 2.75) is 44.2 Å². The summed E-state index contributed by atoms with van der Waals surface area (Å²) in [7, 11) is 0. The van der Waals surface area contributed by atoms with Crippen LogP contribution in [0.2, 0.25) is 0 Å². The first kappa shape index (κ1) is 18.9. The summed E-state index contributed by atoms with van der Waals surface area (Å²) in [4.78, 5) is 0. The quantitative estimate of drug-likeness (QED) is 0.514. The van der Waals surface area contributed by atoms with Gasteiger partial charge in [0, 0.05) is 31.1 Å². The summed E-state index contributed by atoms with van der Waals surface area (Å²) in [6.45, 7) is 4.08. The SMILES string of the molecule is CCCCNC(=S)N[C@H]1CN[C@@H](C(c2ccccc2)c2ccccc2)C1. The van der Waals surface area contributed by atoms with Crippen molar-refractivity contribution >= 4 is 17.3 Å². The van der Waals surface area contributed by atoms with Gasteiger partial charge in [-0.05, 0) is 36.2 Å². The molecule has 2 atom stereocenters. The molecule has 138 valence electrons. The van der Waals surface area contributed by atoms with Crippen LogP contribution in [0.15, 0.2) is 60.7 Å². The summed E-state index contributed by atoms with van der Waals surface area (Å²) in [5.74, 6) is 0.353. The van der Waals surface area contributed by atoms with E-state index in [-0.39, 0.29) is 0 Å². The summed E-state index contributed by atoms with van der Waals surface area (Å²) in [5, 5.41) is 11.3. The molecule has 0 spiro atoms. The molecule has 2 aromatic rings. The first-order chi connectivity index (χ1) is 12.8. The topological polar surface area (TPSA) is 36.1 Å². The second-order valence-electron chi connectivity index (χ2n) is 7.00. The summed E-state index contributed by atoms with van der Waals surface area (Å²) in [5.41, 5.74) is 2.72. The van der Waals surface area contributed by atoms with Gasteiger partial charge in [0.15, 0.2) is 5.11 Å². The highest BCUT2D eigenvalue weighted by Crippen LogP contribution is 2.32. The Balaban J connectivity index is 1.66. The number of rotatable bonds is 7. The number of benzene rings is 2. The van der Waals surface area contributed by atoms with Gasteiger partial charge >= 0.3 is 0 Å². The Morgan fingerprint density at radius 1 is 1.08 bits per heavy atom. The Kier molecular flexibility index (Phi) is 7.04. The van der Waals surface area contributed by atoms with Crippen molar-refractivity contribution < 1.29 is 0 Å². The molecule has 1 saturated heterocycles. The fraction of sp³-hybridized carbons (Fsp3) is 0.409. The molecule has 0 unspecified atom stereocenters. The summed E-state index contributed by atoms with van der Waals surface area (Å²) < 4.78 is 0. The molecular weight excluding hydrogens is 338 g/mol. The maximum absolute atomic E-state index is 5.45. The molecule has 1 fully saturated rings. The van der Waals surface area contributed by atoms with Gasteiger partial charge in [0.25, 0.3) is 0 Å². The van der Waals surface area contributed by atoms with Crippen LogP contribution in [-0.2, 0) is 0 Å². The minimum absolute atomic E-state index is 0.353. The van der Waals surface area contributed by atoms with Gasteiger partial charge in [-0.25, -0.2) is 0 Å². The monoisotopic (exact) mass is 367 g/mol. The van der Waals surface area contributed by atoms with Gasteiger partial charge in [0.05, 0.1) is 0 Å². The molecule has 0 aliphatic carbocycles. The fourth-order valence-electron chi connectivity index (χ4n) is 3.72. The van der Waals surface area contributed by atoms with Crippen molar-refractivity contribution in [3.05, 3.63) is 71.8 Å². The van der Waals surface area contributed by atoms with Crippen molar-refractivity contribution in [3.63, 3.8) is 0 Å². The summed E-state index contributed by atoms with van der Waals surface area (Å²) in [6.07, 6.45) is 3.39. The zero-order chi connectivity index (χ0) is 18.2. The van der Waals surface area contributed by atoms with Gasteiger partial charge in [-0.2, -0.15) is 0 Å². The van der Waals surface area contributed by atoms with Gasteiger partial charge in [0.1, 0.15) is 0 Å². The van der Waals surface area contributed by atoms with E-state index < -0.39 is 0 Å². The summed E-state index contributed by atoms with van der Waals surface area (Å²) in [6, 6.07) is 22.4. The standard InChI is InChI=1S/C22H29N3S/c1-2-3-14-23-22(26)25-19-15-20(24-16-19)21(17-10-6-4-7-11-17)18-12-8-5-9-13-18/h4-13,19-21,24H,2-3,14-16H2,1H3,(H2,23,25,26)/t19-,20-/m1/s1. The molecule has 0 bridgehead atoms. The van der Waals surface area contributed by atoms with Crippen molar-refractivity contribution in [2.75, 3.05) is 13.1 Å². The Hall–Kier alpha value is -1.91. The van der Waals surface area contributed by atoms with Gasteiger partial charge in [-0.1, -0.05) is 74.0 Å². The molecule has 26 heavy (non-hydrogen) atoms. The maximum atomic E-state index is 5.45. The number of unbranched alkanes of at least 4 members (excludes halogenated alkanes) is 1. The molecule has 3 N–H and O–H groups in total. The zero-order valence-corrected chi connectivity index (χ0v) is 16.3. The van der Waals surface area contributed by atoms with Crippen molar-refractivity contribution in [1.29, 1.82) is 0 Å². The number of nitrogens with one attached hydrogen (secondary N) is 3. The number of thiocarbonyl (C=S) groups is 1. The second kappa shape index (κ2) is 9.70. The Bertz CT molecular complexity index is 635. The molecule has 4 heteroatoms. The van der Waals surface area contributed by atoms with Crippen LogP contribution < -0.4 is 16.0 Å². The normalized spacial score (nSPS) is 19.5.